The van der Waals surface area contributed by atoms with Crippen molar-refractivity contribution < 1.29 is 27.5 Å². The van der Waals surface area contributed by atoms with Crippen LogP contribution in [0, 0.1) is 0 Å². The van der Waals surface area contributed by atoms with E-state index in [1.807, 2.05) is 0 Å². The SMILES string of the molecule is CN(CCCC(=O)OC(C)(C)C)C(=O)Nc1ccccc1C(F)(F)F. The minimum Gasteiger partial charge on any atom is -0.460 e. The smallest absolute Gasteiger partial charge is 0.418 e. The summed E-state index contributed by atoms with van der Waals surface area (Å²) < 4.78 is 43.9. The van der Waals surface area contributed by atoms with Crippen LogP contribution in [0.1, 0.15) is 39.2 Å². The minimum absolute atomic E-state index is 0.119. The molecular weight excluding hydrogens is 337 g/mol. The number of anilines is 1. The maximum Gasteiger partial charge on any atom is 0.418 e. The van der Waals surface area contributed by atoms with Gasteiger partial charge in [-0.05, 0) is 39.3 Å². The molecule has 140 valence electrons. The van der Waals surface area contributed by atoms with Gasteiger partial charge in [-0.3, -0.25) is 4.79 Å². The van der Waals surface area contributed by atoms with Crippen LogP contribution >= 0.6 is 0 Å². The van der Waals surface area contributed by atoms with Crippen LogP contribution in [0.25, 0.3) is 0 Å². The molecule has 1 aromatic rings. The third-order valence-corrected chi connectivity index (χ3v) is 3.12. The van der Waals surface area contributed by atoms with Gasteiger partial charge in [-0.15, -0.1) is 0 Å². The van der Waals surface area contributed by atoms with Crippen LogP contribution in [0.15, 0.2) is 24.3 Å². The van der Waals surface area contributed by atoms with Crippen molar-refractivity contribution in [3.63, 3.8) is 0 Å². The van der Waals surface area contributed by atoms with Crippen LogP contribution in [0.2, 0.25) is 0 Å². The highest BCUT2D eigenvalue weighted by molar-refractivity contribution is 5.90. The number of para-hydroxylation sites is 1. The monoisotopic (exact) mass is 360 g/mol. The molecule has 0 bridgehead atoms. The maximum atomic E-state index is 12.9. The molecule has 25 heavy (non-hydrogen) atoms. The quantitative estimate of drug-likeness (QED) is 0.797. The van der Waals surface area contributed by atoms with E-state index in [0.29, 0.717) is 6.42 Å². The van der Waals surface area contributed by atoms with Gasteiger partial charge in [-0.25, -0.2) is 4.79 Å². The van der Waals surface area contributed by atoms with E-state index in [1.54, 1.807) is 20.8 Å². The number of rotatable bonds is 5. The second-order valence-corrected chi connectivity index (χ2v) is 6.59. The van der Waals surface area contributed by atoms with E-state index in [9.17, 15) is 22.8 Å². The molecule has 2 amide bonds. The molecule has 0 spiro atoms. The zero-order valence-electron chi connectivity index (χ0n) is 14.7. The number of benzene rings is 1. The summed E-state index contributed by atoms with van der Waals surface area (Å²) in [5, 5.41) is 2.24. The van der Waals surface area contributed by atoms with Crippen molar-refractivity contribution in [3.8, 4) is 0 Å². The highest BCUT2D eigenvalue weighted by Gasteiger charge is 2.33. The van der Waals surface area contributed by atoms with Crippen molar-refractivity contribution in [1.29, 1.82) is 0 Å². The van der Waals surface area contributed by atoms with Crippen LogP contribution in [0.3, 0.4) is 0 Å². The van der Waals surface area contributed by atoms with Crippen molar-refractivity contribution in [2.75, 3.05) is 18.9 Å². The molecule has 0 aliphatic heterocycles. The van der Waals surface area contributed by atoms with Crippen molar-refractivity contribution >= 4 is 17.7 Å². The zero-order valence-corrected chi connectivity index (χ0v) is 14.7. The Labute approximate surface area is 145 Å². The topological polar surface area (TPSA) is 58.6 Å². The Morgan fingerprint density at radius 2 is 1.76 bits per heavy atom. The van der Waals surface area contributed by atoms with Crippen molar-refractivity contribution in [1.82, 2.24) is 4.90 Å². The van der Waals surface area contributed by atoms with Gasteiger partial charge in [-0.2, -0.15) is 13.2 Å². The summed E-state index contributed by atoms with van der Waals surface area (Å²) in [6, 6.07) is 4.07. The lowest BCUT2D eigenvalue weighted by Crippen LogP contribution is -2.33. The van der Waals surface area contributed by atoms with Gasteiger partial charge in [0.25, 0.3) is 0 Å². The number of hydrogen-bond donors (Lipinski definition) is 1. The molecule has 1 N–H and O–H groups in total. The number of alkyl halides is 3. The summed E-state index contributed by atoms with van der Waals surface area (Å²) in [6.07, 6.45) is -4.09. The molecule has 1 rings (SSSR count). The highest BCUT2D eigenvalue weighted by atomic mass is 19.4. The molecule has 1 aromatic carbocycles. The first-order chi connectivity index (χ1) is 11.4. The highest BCUT2D eigenvalue weighted by Crippen LogP contribution is 2.34. The molecule has 0 fully saturated rings. The van der Waals surface area contributed by atoms with E-state index < -0.39 is 23.4 Å². The average Bonchev–Trinajstić information content (AvgIpc) is 2.44. The second-order valence-electron chi connectivity index (χ2n) is 6.59. The summed E-state index contributed by atoms with van der Waals surface area (Å²) >= 11 is 0. The molecule has 0 saturated carbocycles. The van der Waals surface area contributed by atoms with E-state index in [-0.39, 0.29) is 24.6 Å². The number of halogens is 3. The van der Waals surface area contributed by atoms with E-state index in [2.05, 4.69) is 5.32 Å². The fraction of sp³-hybridized carbons (Fsp3) is 0.529. The van der Waals surface area contributed by atoms with Crippen molar-refractivity contribution in [2.45, 2.75) is 45.4 Å². The Hall–Kier alpha value is -2.25. The molecule has 5 nitrogen and oxygen atoms in total. The zero-order chi connectivity index (χ0) is 19.3. The van der Waals surface area contributed by atoms with E-state index in [1.165, 1.54) is 30.1 Å². The molecule has 0 heterocycles. The van der Waals surface area contributed by atoms with E-state index >= 15 is 0 Å². The normalized spacial score (nSPS) is 11.8. The molecular formula is C17H23F3N2O3. The van der Waals surface area contributed by atoms with Gasteiger partial charge in [0.1, 0.15) is 5.60 Å². The Morgan fingerprint density at radius 3 is 2.32 bits per heavy atom. The minimum atomic E-state index is -4.56. The van der Waals surface area contributed by atoms with Crippen LogP contribution < -0.4 is 5.32 Å². The van der Waals surface area contributed by atoms with Gasteiger partial charge in [0, 0.05) is 20.0 Å². The predicted molar refractivity (Wildman–Crippen MR) is 88.2 cm³/mol. The van der Waals surface area contributed by atoms with Crippen LogP contribution in [-0.2, 0) is 15.7 Å². The molecule has 0 saturated heterocycles. The number of nitrogens with zero attached hydrogens (tertiary/aromatic N) is 1. The van der Waals surface area contributed by atoms with Gasteiger partial charge in [-0.1, -0.05) is 12.1 Å². The fourth-order valence-electron chi connectivity index (χ4n) is 2.00. The molecule has 0 radical (unpaired) electrons. The number of esters is 1. The summed E-state index contributed by atoms with van der Waals surface area (Å²) in [4.78, 5) is 24.8. The summed E-state index contributed by atoms with van der Waals surface area (Å²) in [6.45, 7) is 5.47. The van der Waals surface area contributed by atoms with Gasteiger partial charge in [0.15, 0.2) is 0 Å². The third-order valence-electron chi connectivity index (χ3n) is 3.12. The first kappa shape index (κ1) is 20.8. The number of urea groups is 1. The van der Waals surface area contributed by atoms with Crippen LogP contribution in [-0.4, -0.2) is 36.1 Å². The van der Waals surface area contributed by atoms with E-state index in [0.717, 1.165) is 6.07 Å². The summed E-state index contributed by atoms with van der Waals surface area (Å²) in [7, 11) is 1.45. The molecule has 0 atom stereocenters. The fourth-order valence-corrected chi connectivity index (χ4v) is 2.00. The first-order valence-electron chi connectivity index (χ1n) is 7.80. The van der Waals surface area contributed by atoms with E-state index in [4.69, 9.17) is 4.74 Å². The van der Waals surface area contributed by atoms with Crippen molar-refractivity contribution in [2.24, 2.45) is 0 Å². The van der Waals surface area contributed by atoms with Gasteiger partial charge in [0.05, 0.1) is 11.3 Å². The lowest BCUT2D eigenvalue weighted by Gasteiger charge is -2.21. The molecule has 8 heteroatoms. The van der Waals surface area contributed by atoms with Gasteiger partial charge in [0.2, 0.25) is 0 Å². The average molecular weight is 360 g/mol. The maximum absolute atomic E-state index is 12.9. The molecule has 0 unspecified atom stereocenters. The lowest BCUT2D eigenvalue weighted by molar-refractivity contribution is -0.155. The van der Waals surface area contributed by atoms with Gasteiger partial charge >= 0.3 is 18.2 Å². The largest absolute Gasteiger partial charge is 0.460 e. The lowest BCUT2D eigenvalue weighted by atomic mass is 10.1. The summed E-state index contributed by atoms with van der Waals surface area (Å²) in [5.41, 5.74) is -1.80. The van der Waals surface area contributed by atoms with Crippen LogP contribution in [0.4, 0.5) is 23.7 Å². The molecule has 0 aliphatic carbocycles. The Morgan fingerprint density at radius 1 is 1.16 bits per heavy atom. The second kappa shape index (κ2) is 8.22. The Kier molecular flexibility index (Phi) is 6.84. The molecule has 0 aromatic heterocycles. The summed E-state index contributed by atoms with van der Waals surface area (Å²) in [5.74, 6) is -0.385. The Balaban J connectivity index is 2.55. The number of hydrogen-bond acceptors (Lipinski definition) is 3. The number of ether oxygens (including phenoxy) is 1. The number of nitrogens with one attached hydrogen (secondary N) is 1. The Bertz CT molecular complexity index is 610. The van der Waals surface area contributed by atoms with Crippen molar-refractivity contribution in [3.05, 3.63) is 29.8 Å². The third kappa shape index (κ3) is 7.45. The first-order valence-corrected chi connectivity index (χ1v) is 7.80. The molecule has 0 aliphatic rings. The predicted octanol–water partition coefficient (Wildman–Crippen LogP) is 4.29. The number of amides is 2. The number of carbonyl (C=O) groups is 2. The van der Waals surface area contributed by atoms with Gasteiger partial charge < -0.3 is 15.0 Å². The van der Waals surface area contributed by atoms with Crippen LogP contribution in [0.5, 0.6) is 0 Å². The standard InChI is InChI=1S/C17H23F3N2O3/c1-16(2,3)25-14(23)10-7-11-22(4)15(24)21-13-9-6-5-8-12(13)17(18,19)20/h5-6,8-9H,7,10-11H2,1-4H3,(H,21,24). The number of carbonyl (C=O) groups excluding carboxylic acids is 2.